The molecule has 0 amide bonds. The van der Waals surface area contributed by atoms with Crippen LogP contribution in [0.25, 0.3) is 0 Å². The van der Waals surface area contributed by atoms with E-state index in [9.17, 15) is 0 Å². The van der Waals surface area contributed by atoms with Crippen LogP contribution >= 0.6 is 0 Å². The summed E-state index contributed by atoms with van der Waals surface area (Å²) < 4.78 is 5.49. The van der Waals surface area contributed by atoms with E-state index < -0.39 is 0 Å². The molecule has 84 valence electrons. The largest absolute Gasteiger partial charge is 0.478 e. The molecule has 4 heteroatoms. The molecule has 0 spiro atoms. The third-order valence-electron chi connectivity index (χ3n) is 1.96. The zero-order valence-corrected chi connectivity index (χ0v) is 9.66. The first-order valence-electron chi connectivity index (χ1n) is 5.32. The number of rotatable bonds is 5. The van der Waals surface area contributed by atoms with Gasteiger partial charge in [-0.3, -0.25) is 0 Å². The summed E-state index contributed by atoms with van der Waals surface area (Å²) in [6, 6.07) is 1.85. The van der Waals surface area contributed by atoms with Crippen molar-refractivity contribution < 1.29 is 4.74 Å². The van der Waals surface area contributed by atoms with Crippen molar-refractivity contribution in [3.05, 3.63) is 17.6 Å². The summed E-state index contributed by atoms with van der Waals surface area (Å²) in [7, 11) is 0. The molecule has 1 aromatic rings. The van der Waals surface area contributed by atoms with Crippen LogP contribution in [0.4, 0.5) is 0 Å². The summed E-state index contributed by atoms with van der Waals surface area (Å²) in [6.07, 6.45) is 0.847. The molecule has 1 rings (SSSR count). The normalized spacial score (nSPS) is 10.7. The third-order valence-corrected chi connectivity index (χ3v) is 1.96. The molecule has 15 heavy (non-hydrogen) atoms. The fraction of sp³-hybridized carbons (Fsp3) is 0.636. The number of hydrogen-bond acceptors (Lipinski definition) is 4. The standard InChI is InChI=1S/C11H19N3O/c1-8(2)11-13-9(3)7-10(14-11)15-6-4-5-12/h7-8H,4-6,12H2,1-3H3. The lowest BCUT2D eigenvalue weighted by Gasteiger charge is -2.09. The monoisotopic (exact) mass is 209 g/mol. The van der Waals surface area contributed by atoms with E-state index in [1.165, 1.54) is 0 Å². The van der Waals surface area contributed by atoms with Crippen LogP contribution < -0.4 is 10.5 Å². The van der Waals surface area contributed by atoms with Crippen molar-refractivity contribution in [1.82, 2.24) is 9.97 Å². The molecule has 0 unspecified atom stereocenters. The Morgan fingerprint density at radius 1 is 1.40 bits per heavy atom. The van der Waals surface area contributed by atoms with Crippen molar-refractivity contribution in [2.24, 2.45) is 5.73 Å². The molecule has 1 aromatic heterocycles. The van der Waals surface area contributed by atoms with Crippen molar-refractivity contribution in [2.75, 3.05) is 13.2 Å². The summed E-state index contributed by atoms with van der Waals surface area (Å²) in [5.74, 6) is 1.80. The van der Waals surface area contributed by atoms with Gasteiger partial charge in [0.15, 0.2) is 0 Å². The van der Waals surface area contributed by atoms with Gasteiger partial charge in [0.05, 0.1) is 6.61 Å². The molecule has 0 saturated heterocycles. The molecule has 0 aliphatic heterocycles. The number of nitrogens with two attached hydrogens (primary N) is 1. The summed E-state index contributed by atoms with van der Waals surface area (Å²) in [5, 5.41) is 0. The fourth-order valence-corrected chi connectivity index (χ4v) is 1.15. The zero-order valence-electron chi connectivity index (χ0n) is 9.66. The first kappa shape index (κ1) is 11.9. The molecule has 2 N–H and O–H groups in total. The van der Waals surface area contributed by atoms with Crippen LogP contribution in [0.1, 0.15) is 37.7 Å². The fourth-order valence-electron chi connectivity index (χ4n) is 1.15. The van der Waals surface area contributed by atoms with E-state index >= 15 is 0 Å². The van der Waals surface area contributed by atoms with E-state index in [0.29, 0.717) is 24.9 Å². The van der Waals surface area contributed by atoms with Crippen LogP contribution in [-0.2, 0) is 0 Å². The quantitative estimate of drug-likeness (QED) is 0.749. The van der Waals surface area contributed by atoms with Crippen LogP contribution in [-0.4, -0.2) is 23.1 Å². The number of aryl methyl sites for hydroxylation is 1. The van der Waals surface area contributed by atoms with Gasteiger partial charge in [0.25, 0.3) is 0 Å². The molecule has 0 aromatic carbocycles. The first-order chi connectivity index (χ1) is 7.13. The number of ether oxygens (including phenoxy) is 1. The zero-order chi connectivity index (χ0) is 11.3. The molecular weight excluding hydrogens is 190 g/mol. The summed E-state index contributed by atoms with van der Waals surface area (Å²) >= 11 is 0. The highest BCUT2D eigenvalue weighted by Crippen LogP contribution is 2.15. The minimum atomic E-state index is 0.321. The third kappa shape index (κ3) is 3.83. The molecule has 0 atom stereocenters. The predicted molar refractivity (Wildman–Crippen MR) is 60.0 cm³/mol. The smallest absolute Gasteiger partial charge is 0.216 e. The Hall–Kier alpha value is -1.16. The van der Waals surface area contributed by atoms with Gasteiger partial charge in [-0.05, 0) is 19.9 Å². The second kappa shape index (κ2) is 5.66. The van der Waals surface area contributed by atoms with Gasteiger partial charge in [0.1, 0.15) is 5.82 Å². The second-order valence-electron chi connectivity index (χ2n) is 3.85. The highest BCUT2D eigenvalue weighted by molar-refractivity contribution is 5.16. The highest BCUT2D eigenvalue weighted by Gasteiger charge is 2.06. The average molecular weight is 209 g/mol. The maximum absolute atomic E-state index is 5.49. The Kier molecular flexibility index (Phi) is 4.49. The minimum absolute atomic E-state index is 0.321. The van der Waals surface area contributed by atoms with Gasteiger partial charge in [-0.25, -0.2) is 4.98 Å². The highest BCUT2D eigenvalue weighted by atomic mass is 16.5. The van der Waals surface area contributed by atoms with Crippen molar-refractivity contribution in [3.8, 4) is 5.88 Å². The molecule has 0 fully saturated rings. The SMILES string of the molecule is Cc1cc(OCCCN)nc(C(C)C)n1. The van der Waals surface area contributed by atoms with Crippen LogP contribution in [0.15, 0.2) is 6.07 Å². The Labute approximate surface area is 90.9 Å². The van der Waals surface area contributed by atoms with Crippen LogP contribution in [0.2, 0.25) is 0 Å². The van der Waals surface area contributed by atoms with Gasteiger partial charge in [0.2, 0.25) is 5.88 Å². The second-order valence-corrected chi connectivity index (χ2v) is 3.85. The number of nitrogens with zero attached hydrogens (tertiary/aromatic N) is 2. The van der Waals surface area contributed by atoms with E-state index in [0.717, 1.165) is 17.9 Å². The van der Waals surface area contributed by atoms with E-state index in [1.54, 1.807) is 0 Å². The Morgan fingerprint density at radius 3 is 2.73 bits per heavy atom. The Bertz CT molecular complexity index is 313. The van der Waals surface area contributed by atoms with Gasteiger partial charge in [0, 0.05) is 17.7 Å². The average Bonchev–Trinajstić information content (AvgIpc) is 2.17. The van der Waals surface area contributed by atoms with Gasteiger partial charge in [-0.1, -0.05) is 13.8 Å². The maximum atomic E-state index is 5.49. The van der Waals surface area contributed by atoms with Gasteiger partial charge >= 0.3 is 0 Å². The Balaban J connectivity index is 2.71. The van der Waals surface area contributed by atoms with Gasteiger partial charge < -0.3 is 10.5 Å². The van der Waals surface area contributed by atoms with Gasteiger partial charge in [-0.15, -0.1) is 0 Å². The number of hydrogen-bond donors (Lipinski definition) is 1. The molecular formula is C11H19N3O. The van der Waals surface area contributed by atoms with Crippen LogP contribution in [0.5, 0.6) is 5.88 Å². The lowest BCUT2D eigenvalue weighted by molar-refractivity contribution is 0.299. The van der Waals surface area contributed by atoms with Crippen molar-refractivity contribution >= 4 is 0 Å². The molecule has 1 heterocycles. The summed E-state index contributed by atoms with van der Waals surface area (Å²) in [4.78, 5) is 8.68. The minimum Gasteiger partial charge on any atom is -0.478 e. The molecule has 0 aliphatic carbocycles. The van der Waals surface area contributed by atoms with Crippen molar-refractivity contribution in [2.45, 2.75) is 33.1 Å². The molecule has 4 nitrogen and oxygen atoms in total. The molecule has 0 radical (unpaired) electrons. The maximum Gasteiger partial charge on any atom is 0.216 e. The van der Waals surface area contributed by atoms with E-state index in [-0.39, 0.29) is 0 Å². The van der Waals surface area contributed by atoms with Crippen LogP contribution in [0, 0.1) is 6.92 Å². The first-order valence-corrected chi connectivity index (χ1v) is 5.32. The van der Waals surface area contributed by atoms with Crippen LogP contribution in [0.3, 0.4) is 0 Å². The summed E-state index contributed by atoms with van der Waals surface area (Å²) in [5.41, 5.74) is 6.33. The lowest BCUT2D eigenvalue weighted by atomic mass is 10.2. The van der Waals surface area contributed by atoms with Gasteiger partial charge in [-0.2, -0.15) is 4.98 Å². The Morgan fingerprint density at radius 2 is 2.13 bits per heavy atom. The summed E-state index contributed by atoms with van der Waals surface area (Å²) in [6.45, 7) is 7.34. The topological polar surface area (TPSA) is 61.0 Å². The van der Waals surface area contributed by atoms with E-state index in [1.807, 2.05) is 13.0 Å². The lowest BCUT2D eigenvalue weighted by Crippen LogP contribution is -2.08. The van der Waals surface area contributed by atoms with Crippen molar-refractivity contribution in [3.63, 3.8) is 0 Å². The van der Waals surface area contributed by atoms with E-state index in [4.69, 9.17) is 10.5 Å². The number of aromatic nitrogens is 2. The molecule has 0 saturated carbocycles. The molecule has 0 aliphatic rings. The van der Waals surface area contributed by atoms with Crippen molar-refractivity contribution in [1.29, 1.82) is 0 Å². The molecule has 0 bridgehead atoms. The predicted octanol–water partition coefficient (Wildman–Crippen LogP) is 1.64. The van der Waals surface area contributed by atoms with E-state index in [2.05, 4.69) is 23.8 Å².